The highest BCUT2D eigenvalue weighted by Crippen LogP contribution is 2.38. The minimum absolute atomic E-state index is 0.285. The third-order valence-electron chi connectivity index (χ3n) is 4.05. The molecular weight excluding hydrogens is 364 g/mol. The van der Waals surface area contributed by atoms with Gasteiger partial charge >= 0.3 is 0 Å². The van der Waals surface area contributed by atoms with Gasteiger partial charge in [-0.3, -0.25) is 0 Å². The topological polar surface area (TPSA) is 44.2 Å². The number of benzene rings is 1. The number of aromatic nitrogens is 2. The van der Waals surface area contributed by atoms with Crippen LogP contribution in [0.4, 0.5) is 0 Å². The second-order valence-corrected chi connectivity index (χ2v) is 8.20. The van der Waals surface area contributed by atoms with Crippen molar-refractivity contribution in [1.82, 2.24) is 9.97 Å². The maximum absolute atomic E-state index is 6.24. The molecule has 0 fully saturated rings. The summed E-state index contributed by atoms with van der Waals surface area (Å²) in [6, 6.07) is 3.86. The molecular formula is C17H15ClN2O2S2. The molecule has 0 atom stereocenters. The zero-order chi connectivity index (χ0) is 16.7. The second-order valence-electron chi connectivity index (χ2n) is 5.59. The highest BCUT2D eigenvalue weighted by molar-refractivity contribution is 7.98. The van der Waals surface area contributed by atoms with Crippen molar-refractivity contribution < 1.29 is 9.47 Å². The number of rotatable bonds is 3. The van der Waals surface area contributed by atoms with Crippen LogP contribution in [0.5, 0.6) is 5.75 Å². The van der Waals surface area contributed by atoms with Gasteiger partial charge in [0.25, 0.3) is 0 Å². The van der Waals surface area contributed by atoms with Gasteiger partial charge in [0, 0.05) is 32.2 Å². The van der Waals surface area contributed by atoms with Gasteiger partial charge in [-0.05, 0) is 31.5 Å². The Kier molecular flexibility index (Phi) is 4.39. The van der Waals surface area contributed by atoms with E-state index in [1.54, 1.807) is 29.4 Å². The largest absolute Gasteiger partial charge is 0.467 e. The molecule has 2 aromatic heterocycles. The average Bonchev–Trinajstić information content (AvgIpc) is 2.87. The van der Waals surface area contributed by atoms with Crippen LogP contribution in [-0.2, 0) is 17.1 Å². The Morgan fingerprint density at radius 3 is 3.04 bits per heavy atom. The molecule has 24 heavy (non-hydrogen) atoms. The highest BCUT2D eigenvalue weighted by Gasteiger charge is 2.18. The molecule has 3 heterocycles. The number of thioether (sulfide) groups is 1. The molecule has 1 aliphatic heterocycles. The molecule has 0 aliphatic carbocycles. The van der Waals surface area contributed by atoms with Crippen LogP contribution < -0.4 is 4.74 Å². The Morgan fingerprint density at radius 1 is 1.29 bits per heavy atom. The monoisotopic (exact) mass is 378 g/mol. The first-order chi connectivity index (χ1) is 11.6. The lowest BCUT2D eigenvalue weighted by molar-refractivity contribution is -0.0168. The maximum Gasteiger partial charge on any atom is 0.189 e. The van der Waals surface area contributed by atoms with Crippen LogP contribution in [0.2, 0.25) is 5.02 Å². The number of thiophene rings is 1. The maximum atomic E-state index is 6.24. The van der Waals surface area contributed by atoms with Gasteiger partial charge in [0.15, 0.2) is 6.79 Å². The quantitative estimate of drug-likeness (QED) is 0.467. The summed E-state index contributed by atoms with van der Waals surface area (Å²) in [5, 5.41) is 2.86. The molecule has 4 nitrogen and oxygen atoms in total. The van der Waals surface area contributed by atoms with Crippen LogP contribution in [0, 0.1) is 13.8 Å². The summed E-state index contributed by atoms with van der Waals surface area (Å²) in [5.41, 5.74) is 3.33. The van der Waals surface area contributed by atoms with Gasteiger partial charge < -0.3 is 9.47 Å². The average molecular weight is 379 g/mol. The van der Waals surface area contributed by atoms with E-state index in [9.17, 15) is 0 Å². The molecule has 1 aromatic carbocycles. The SMILES string of the molecule is Cc1sc2ncnc(SCc3cc(Cl)cc4c3OCOC4)c2c1C. The van der Waals surface area contributed by atoms with E-state index in [1.807, 2.05) is 12.1 Å². The third kappa shape index (κ3) is 2.88. The van der Waals surface area contributed by atoms with Crippen molar-refractivity contribution in [1.29, 1.82) is 0 Å². The standard InChI is InChI=1S/C17H15ClN2O2S2/c1-9-10(2)24-17-14(9)16(19-7-20-17)23-6-12-4-13(18)3-11-5-21-8-22-15(11)12/h3-4,7H,5-6,8H2,1-2H3. The van der Waals surface area contributed by atoms with Gasteiger partial charge in [0.1, 0.15) is 21.9 Å². The zero-order valence-electron chi connectivity index (χ0n) is 13.3. The van der Waals surface area contributed by atoms with Gasteiger partial charge in [-0.15, -0.1) is 23.1 Å². The Bertz CT molecular complexity index is 927. The molecule has 4 rings (SSSR count). The Hall–Kier alpha value is -1.34. The fourth-order valence-electron chi connectivity index (χ4n) is 2.77. The van der Waals surface area contributed by atoms with Crippen molar-refractivity contribution in [2.45, 2.75) is 31.2 Å². The second kappa shape index (κ2) is 6.52. The van der Waals surface area contributed by atoms with E-state index in [4.69, 9.17) is 21.1 Å². The Labute approximate surface area is 153 Å². The Morgan fingerprint density at radius 2 is 2.17 bits per heavy atom. The molecule has 0 bridgehead atoms. The molecule has 0 amide bonds. The van der Waals surface area contributed by atoms with Crippen LogP contribution >= 0.6 is 34.7 Å². The van der Waals surface area contributed by atoms with Crippen LogP contribution in [0.3, 0.4) is 0 Å². The van der Waals surface area contributed by atoms with Crippen molar-refractivity contribution >= 4 is 44.9 Å². The summed E-state index contributed by atoms with van der Waals surface area (Å²) in [4.78, 5) is 11.2. The minimum atomic E-state index is 0.285. The summed E-state index contributed by atoms with van der Waals surface area (Å²) in [6.45, 7) is 5.07. The van der Waals surface area contributed by atoms with E-state index in [1.165, 1.54) is 10.4 Å². The molecule has 3 aromatic rings. The fraction of sp³-hybridized carbons (Fsp3) is 0.294. The molecule has 1 aliphatic rings. The Balaban J connectivity index is 1.68. The fourth-order valence-corrected chi connectivity index (χ4v) is 5.12. The first kappa shape index (κ1) is 16.1. The number of hydrogen-bond donors (Lipinski definition) is 0. The van der Waals surface area contributed by atoms with Crippen molar-refractivity contribution in [3.8, 4) is 5.75 Å². The van der Waals surface area contributed by atoms with Crippen LogP contribution in [0.1, 0.15) is 21.6 Å². The molecule has 124 valence electrons. The lowest BCUT2D eigenvalue weighted by Crippen LogP contribution is -2.13. The van der Waals surface area contributed by atoms with E-state index < -0.39 is 0 Å². The molecule has 0 unspecified atom stereocenters. The normalized spacial score (nSPS) is 13.8. The first-order valence-electron chi connectivity index (χ1n) is 7.49. The smallest absolute Gasteiger partial charge is 0.189 e. The number of nitrogens with zero attached hydrogens (tertiary/aromatic N) is 2. The summed E-state index contributed by atoms with van der Waals surface area (Å²) in [7, 11) is 0. The number of aryl methyl sites for hydroxylation is 2. The summed E-state index contributed by atoms with van der Waals surface area (Å²) in [6.07, 6.45) is 1.64. The summed E-state index contributed by atoms with van der Waals surface area (Å²) in [5.74, 6) is 1.63. The molecule has 0 saturated carbocycles. The van der Waals surface area contributed by atoms with Gasteiger partial charge in [-0.1, -0.05) is 11.6 Å². The van der Waals surface area contributed by atoms with E-state index in [2.05, 4.69) is 23.8 Å². The molecule has 0 N–H and O–H groups in total. The number of halogens is 1. The summed E-state index contributed by atoms with van der Waals surface area (Å²) < 4.78 is 11.0. The zero-order valence-corrected chi connectivity index (χ0v) is 15.6. The van der Waals surface area contributed by atoms with Crippen molar-refractivity contribution in [2.75, 3.05) is 6.79 Å². The van der Waals surface area contributed by atoms with E-state index in [-0.39, 0.29) is 6.79 Å². The molecule has 0 radical (unpaired) electrons. The van der Waals surface area contributed by atoms with Gasteiger partial charge in [0.05, 0.1) is 6.61 Å². The lowest BCUT2D eigenvalue weighted by Gasteiger charge is -2.21. The summed E-state index contributed by atoms with van der Waals surface area (Å²) >= 11 is 9.64. The van der Waals surface area contributed by atoms with E-state index >= 15 is 0 Å². The van der Waals surface area contributed by atoms with E-state index in [0.29, 0.717) is 11.6 Å². The van der Waals surface area contributed by atoms with Crippen molar-refractivity contribution in [3.63, 3.8) is 0 Å². The van der Waals surface area contributed by atoms with E-state index in [0.717, 1.165) is 37.9 Å². The van der Waals surface area contributed by atoms with Crippen LogP contribution in [0.25, 0.3) is 10.2 Å². The van der Waals surface area contributed by atoms with Gasteiger partial charge in [0.2, 0.25) is 0 Å². The van der Waals surface area contributed by atoms with Gasteiger partial charge in [-0.25, -0.2) is 9.97 Å². The third-order valence-corrected chi connectivity index (χ3v) is 6.42. The number of hydrogen-bond acceptors (Lipinski definition) is 6. The highest BCUT2D eigenvalue weighted by atomic mass is 35.5. The van der Waals surface area contributed by atoms with Crippen molar-refractivity contribution in [2.24, 2.45) is 0 Å². The predicted molar refractivity (Wildman–Crippen MR) is 98.2 cm³/mol. The first-order valence-corrected chi connectivity index (χ1v) is 9.67. The van der Waals surface area contributed by atoms with Crippen molar-refractivity contribution in [3.05, 3.63) is 45.1 Å². The van der Waals surface area contributed by atoms with Gasteiger partial charge in [-0.2, -0.15) is 0 Å². The van der Waals surface area contributed by atoms with Crippen LogP contribution in [-0.4, -0.2) is 16.8 Å². The number of fused-ring (bicyclic) bond motifs is 2. The predicted octanol–water partition coefficient (Wildman–Crippen LogP) is 5.12. The van der Waals surface area contributed by atoms with Crippen LogP contribution in [0.15, 0.2) is 23.5 Å². The lowest BCUT2D eigenvalue weighted by atomic mass is 10.1. The number of ether oxygens (including phenoxy) is 2. The minimum Gasteiger partial charge on any atom is -0.467 e. The molecule has 0 saturated heterocycles. The molecule has 0 spiro atoms. The molecule has 7 heteroatoms.